The third-order valence-corrected chi connectivity index (χ3v) is 2.96. The number of ether oxygens (including phenoxy) is 1. The minimum Gasteiger partial charge on any atom is -0.462 e. The summed E-state index contributed by atoms with van der Waals surface area (Å²) in [5.41, 5.74) is 0.859. The van der Waals surface area contributed by atoms with E-state index in [9.17, 15) is 9.59 Å². The molecule has 1 rings (SSSR count). The highest BCUT2D eigenvalue weighted by Crippen LogP contribution is 2.21. The Balaban J connectivity index is 3.02. The average Bonchev–Trinajstić information content (AvgIpc) is 2.27. The third kappa shape index (κ3) is 3.54. The van der Waals surface area contributed by atoms with Gasteiger partial charge in [0.15, 0.2) is 5.78 Å². The van der Waals surface area contributed by atoms with Crippen LogP contribution in [-0.2, 0) is 4.74 Å². The summed E-state index contributed by atoms with van der Waals surface area (Å²) in [5.74, 6) is -0.597. The quantitative estimate of drug-likeness (QED) is 0.485. The van der Waals surface area contributed by atoms with E-state index >= 15 is 0 Å². The molecule has 0 N–H and O–H groups in total. The summed E-state index contributed by atoms with van der Waals surface area (Å²) in [6.07, 6.45) is 0. The number of halogens is 2. The molecular formula is C12H12BrClO3. The van der Waals surface area contributed by atoms with Crippen LogP contribution in [0.3, 0.4) is 0 Å². The summed E-state index contributed by atoms with van der Waals surface area (Å²) >= 11 is 8.95. The fourth-order valence-corrected chi connectivity index (χ4v) is 1.94. The van der Waals surface area contributed by atoms with Gasteiger partial charge in [0, 0.05) is 10.0 Å². The van der Waals surface area contributed by atoms with Crippen molar-refractivity contribution in [1.29, 1.82) is 0 Å². The zero-order valence-corrected chi connectivity index (χ0v) is 11.8. The zero-order chi connectivity index (χ0) is 13.0. The van der Waals surface area contributed by atoms with Gasteiger partial charge in [0.05, 0.1) is 17.5 Å². The van der Waals surface area contributed by atoms with Gasteiger partial charge >= 0.3 is 5.97 Å². The summed E-state index contributed by atoms with van der Waals surface area (Å²) in [7, 11) is 0. The molecule has 0 aliphatic heterocycles. The van der Waals surface area contributed by atoms with Crippen LogP contribution in [-0.4, -0.2) is 23.7 Å². The number of hydrogen-bond acceptors (Lipinski definition) is 3. The number of rotatable bonds is 4. The first-order valence-electron chi connectivity index (χ1n) is 5.12. The first-order valence-corrected chi connectivity index (χ1v) is 6.35. The maximum Gasteiger partial charge on any atom is 0.339 e. The van der Waals surface area contributed by atoms with E-state index in [2.05, 4.69) is 15.9 Å². The number of alkyl halides is 1. The molecule has 0 saturated carbocycles. The van der Waals surface area contributed by atoms with Gasteiger partial charge < -0.3 is 4.74 Å². The molecule has 1 aromatic rings. The van der Waals surface area contributed by atoms with E-state index < -0.39 is 11.3 Å². The molecule has 0 aliphatic rings. The van der Waals surface area contributed by atoms with Gasteiger partial charge in [0.2, 0.25) is 0 Å². The number of esters is 1. The fraction of sp³-hybridized carbons (Fsp3) is 0.333. The lowest BCUT2D eigenvalue weighted by molar-refractivity contribution is 0.0525. The van der Waals surface area contributed by atoms with Crippen molar-refractivity contribution in [3.8, 4) is 0 Å². The number of carbonyl (C=O) groups excluding carboxylic acids is 2. The van der Waals surface area contributed by atoms with Crippen molar-refractivity contribution in [2.45, 2.75) is 19.2 Å². The molecule has 0 radical (unpaired) electrons. The Morgan fingerprint density at radius 1 is 1.47 bits per heavy atom. The predicted molar refractivity (Wildman–Crippen MR) is 69.7 cm³/mol. The van der Waals surface area contributed by atoms with E-state index in [1.54, 1.807) is 32.0 Å². The van der Waals surface area contributed by atoms with E-state index in [1.807, 2.05) is 0 Å². The lowest BCUT2D eigenvalue weighted by atomic mass is 10.1. The van der Waals surface area contributed by atoms with Crippen molar-refractivity contribution in [3.05, 3.63) is 33.8 Å². The molecule has 0 amide bonds. The second-order valence-electron chi connectivity index (χ2n) is 3.40. The molecule has 0 aromatic heterocycles. The Morgan fingerprint density at radius 2 is 2.12 bits per heavy atom. The van der Waals surface area contributed by atoms with Crippen LogP contribution in [0.2, 0.25) is 0 Å². The SMILES string of the molecule is CCOC(=O)c1ccc(C(=O)C(C)Cl)cc1Br. The zero-order valence-electron chi connectivity index (χ0n) is 9.50. The molecule has 0 heterocycles. The topological polar surface area (TPSA) is 43.4 Å². The van der Waals surface area contributed by atoms with Gasteiger partial charge in [-0.25, -0.2) is 4.79 Å². The van der Waals surface area contributed by atoms with Crippen LogP contribution in [0.15, 0.2) is 22.7 Å². The van der Waals surface area contributed by atoms with Crippen molar-refractivity contribution in [1.82, 2.24) is 0 Å². The standard InChI is InChI=1S/C12H12BrClO3/c1-3-17-12(16)9-5-4-8(6-10(9)13)11(15)7(2)14/h4-7H,3H2,1-2H3. The van der Waals surface area contributed by atoms with Crippen LogP contribution >= 0.6 is 27.5 Å². The summed E-state index contributed by atoms with van der Waals surface area (Å²) in [5, 5.41) is -0.588. The lowest BCUT2D eigenvalue weighted by Crippen LogP contribution is -2.12. The largest absolute Gasteiger partial charge is 0.462 e. The van der Waals surface area contributed by atoms with Crippen LogP contribution in [0, 0.1) is 0 Å². The molecule has 0 saturated heterocycles. The monoisotopic (exact) mass is 318 g/mol. The third-order valence-electron chi connectivity index (χ3n) is 2.11. The van der Waals surface area contributed by atoms with E-state index in [4.69, 9.17) is 16.3 Å². The second kappa shape index (κ2) is 6.17. The van der Waals surface area contributed by atoms with Gasteiger partial charge in [-0.15, -0.1) is 11.6 Å². The maximum atomic E-state index is 11.6. The van der Waals surface area contributed by atoms with E-state index in [1.165, 1.54) is 0 Å². The van der Waals surface area contributed by atoms with Crippen LogP contribution in [0.5, 0.6) is 0 Å². The molecule has 0 bridgehead atoms. The van der Waals surface area contributed by atoms with E-state index in [0.29, 0.717) is 22.2 Å². The Labute approximate surface area is 113 Å². The Kier molecular flexibility index (Phi) is 5.15. The fourth-order valence-electron chi connectivity index (χ4n) is 1.27. The first-order chi connectivity index (χ1) is 7.97. The average molecular weight is 320 g/mol. The summed E-state index contributed by atoms with van der Waals surface area (Å²) in [6, 6.07) is 4.69. The van der Waals surface area contributed by atoms with E-state index in [0.717, 1.165) is 0 Å². The molecule has 1 aromatic carbocycles. The Hall–Kier alpha value is -0.870. The van der Waals surface area contributed by atoms with Crippen molar-refractivity contribution in [3.63, 3.8) is 0 Å². The summed E-state index contributed by atoms with van der Waals surface area (Å²) < 4.78 is 5.40. The number of ketones is 1. The molecule has 0 spiro atoms. The number of hydrogen-bond donors (Lipinski definition) is 0. The Morgan fingerprint density at radius 3 is 2.59 bits per heavy atom. The highest BCUT2D eigenvalue weighted by molar-refractivity contribution is 9.10. The van der Waals surface area contributed by atoms with Crippen molar-refractivity contribution in [2.24, 2.45) is 0 Å². The molecule has 1 atom stereocenters. The predicted octanol–water partition coefficient (Wildman–Crippen LogP) is 3.44. The van der Waals surface area contributed by atoms with Gasteiger partial charge in [0.1, 0.15) is 0 Å². The number of benzene rings is 1. The van der Waals surface area contributed by atoms with Crippen LogP contribution in [0.1, 0.15) is 34.6 Å². The van der Waals surface area contributed by atoms with Crippen LogP contribution in [0.4, 0.5) is 0 Å². The summed E-state index contributed by atoms with van der Waals surface area (Å²) in [4.78, 5) is 23.2. The van der Waals surface area contributed by atoms with Crippen molar-refractivity contribution < 1.29 is 14.3 Å². The second-order valence-corrected chi connectivity index (χ2v) is 4.90. The molecule has 3 nitrogen and oxygen atoms in total. The molecule has 1 unspecified atom stereocenters. The minimum absolute atomic E-state index is 0.178. The first kappa shape index (κ1) is 14.2. The van der Waals surface area contributed by atoms with Gasteiger partial charge in [-0.3, -0.25) is 4.79 Å². The highest BCUT2D eigenvalue weighted by atomic mass is 79.9. The van der Waals surface area contributed by atoms with E-state index in [-0.39, 0.29) is 5.78 Å². The van der Waals surface area contributed by atoms with Crippen LogP contribution < -0.4 is 0 Å². The molecular weight excluding hydrogens is 307 g/mol. The molecule has 92 valence electrons. The maximum absolute atomic E-state index is 11.6. The van der Waals surface area contributed by atoms with Crippen molar-refractivity contribution in [2.75, 3.05) is 6.61 Å². The van der Waals surface area contributed by atoms with Crippen LogP contribution in [0.25, 0.3) is 0 Å². The lowest BCUT2D eigenvalue weighted by Gasteiger charge is -2.07. The summed E-state index contributed by atoms with van der Waals surface area (Å²) in [6.45, 7) is 3.65. The molecule has 17 heavy (non-hydrogen) atoms. The number of carbonyl (C=O) groups is 2. The Bertz CT molecular complexity index is 443. The number of Topliss-reactive ketones (excluding diaryl/α,β-unsaturated/α-hetero) is 1. The molecule has 0 fully saturated rings. The smallest absolute Gasteiger partial charge is 0.339 e. The van der Waals surface area contributed by atoms with Gasteiger partial charge in [-0.2, -0.15) is 0 Å². The molecule has 5 heteroatoms. The van der Waals surface area contributed by atoms with Gasteiger partial charge in [-0.05, 0) is 41.9 Å². The highest BCUT2D eigenvalue weighted by Gasteiger charge is 2.16. The normalized spacial score (nSPS) is 12.0. The minimum atomic E-state index is -0.588. The van der Waals surface area contributed by atoms with Gasteiger partial charge in [0.25, 0.3) is 0 Å². The van der Waals surface area contributed by atoms with Gasteiger partial charge in [-0.1, -0.05) is 6.07 Å². The van der Waals surface area contributed by atoms with Crippen molar-refractivity contribution >= 4 is 39.3 Å². The molecule has 0 aliphatic carbocycles.